The molecule has 1 aromatic heterocycles. The van der Waals surface area contributed by atoms with E-state index < -0.39 is 0 Å². The first-order valence-corrected chi connectivity index (χ1v) is 10.9. The number of nitrogens with zero attached hydrogens (tertiary/aromatic N) is 3. The van der Waals surface area contributed by atoms with Gasteiger partial charge in [-0.15, -0.1) is 16.1 Å². The molecular formula is C24H32N4O3. The van der Waals surface area contributed by atoms with Crippen LogP contribution in [0.3, 0.4) is 0 Å². The number of aromatic nitrogens is 2. The molecule has 1 aliphatic heterocycles. The number of benzene rings is 1. The maximum atomic E-state index is 9.20. The summed E-state index contributed by atoms with van der Waals surface area (Å²) in [6, 6.07) is 8.18. The summed E-state index contributed by atoms with van der Waals surface area (Å²) in [4.78, 5) is 2.28. The Kier molecular flexibility index (Phi) is 8.65. The van der Waals surface area contributed by atoms with Crippen LogP contribution in [0, 0.1) is 18.8 Å². The van der Waals surface area contributed by atoms with E-state index in [9.17, 15) is 5.11 Å². The molecule has 2 N–H and O–H groups in total. The van der Waals surface area contributed by atoms with E-state index in [0.29, 0.717) is 24.9 Å². The van der Waals surface area contributed by atoms with Crippen molar-refractivity contribution in [2.24, 2.45) is 0 Å². The Morgan fingerprint density at radius 3 is 2.90 bits per heavy atom. The number of nitrogens with one attached hydrogen (secondary N) is 1. The minimum atomic E-state index is 0.171. The molecule has 0 aliphatic carbocycles. The molecule has 0 unspecified atom stereocenters. The highest BCUT2D eigenvalue weighted by Gasteiger charge is 2.20. The highest BCUT2D eigenvalue weighted by molar-refractivity contribution is 5.71. The van der Waals surface area contributed by atoms with Crippen LogP contribution in [0.2, 0.25) is 0 Å². The summed E-state index contributed by atoms with van der Waals surface area (Å²) in [5.41, 5.74) is 3.53. The molecule has 0 saturated carbocycles. The van der Waals surface area contributed by atoms with Crippen LogP contribution in [-0.4, -0.2) is 65.9 Å². The van der Waals surface area contributed by atoms with Gasteiger partial charge in [-0.1, -0.05) is 5.92 Å². The predicted molar refractivity (Wildman–Crippen MR) is 122 cm³/mol. The van der Waals surface area contributed by atoms with Crippen molar-refractivity contribution < 1.29 is 14.6 Å². The molecule has 166 valence electrons. The van der Waals surface area contributed by atoms with Crippen molar-refractivity contribution in [3.63, 3.8) is 0 Å². The van der Waals surface area contributed by atoms with Crippen LogP contribution in [-0.2, 0) is 4.74 Å². The average molecular weight is 425 g/mol. The average Bonchev–Trinajstić information content (AvgIpc) is 2.76. The predicted octanol–water partition coefficient (Wildman–Crippen LogP) is 3.06. The second-order valence-corrected chi connectivity index (χ2v) is 7.61. The van der Waals surface area contributed by atoms with Gasteiger partial charge in [0.1, 0.15) is 11.6 Å². The Morgan fingerprint density at radius 2 is 2.16 bits per heavy atom. The second kappa shape index (κ2) is 11.7. The topological polar surface area (TPSA) is 79.7 Å². The molecule has 1 aliphatic rings. The molecule has 0 spiro atoms. The summed E-state index contributed by atoms with van der Waals surface area (Å²) >= 11 is 0. The van der Waals surface area contributed by atoms with Gasteiger partial charge in [0, 0.05) is 36.9 Å². The number of ether oxygens (including phenoxy) is 2. The Bertz CT molecular complexity index is 921. The summed E-state index contributed by atoms with van der Waals surface area (Å²) in [5, 5.41) is 21.6. The smallest absolute Gasteiger partial charge is 0.189 e. The van der Waals surface area contributed by atoms with Gasteiger partial charge < -0.3 is 19.9 Å². The van der Waals surface area contributed by atoms with E-state index in [2.05, 4.69) is 32.3 Å². The maximum Gasteiger partial charge on any atom is 0.189 e. The van der Waals surface area contributed by atoms with Gasteiger partial charge in [0.15, 0.2) is 6.79 Å². The van der Waals surface area contributed by atoms with Gasteiger partial charge in [0.05, 0.1) is 12.3 Å². The molecule has 1 aromatic carbocycles. The third-order valence-electron chi connectivity index (χ3n) is 5.27. The number of aryl methyl sites for hydroxylation is 1. The quantitative estimate of drug-likeness (QED) is 0.364. The summed E-state index contributed by atoms with van der Waals surface area (Å²) in [6.45, 7) is 9.36. The van der Waals surface area contributed by atoms with Gasteiger partial charge in [-0.3, -0.25) is 4.90 Å². The third-order valence-corrected chi connectivity index (χ3v) is 5.27. The summed E-state index contributed by atoms with van der Waals surface area (Å²) in [7, 11) is 0. The second-order valence-electron chi connectivity index (χ2n) is 7.61. The fraction of sp³-hybridized carbons (Fsp3) is 0.500. The lowest BCUT2D eigenvalue weighted by Crippen LogP contribution is -2.43. The number of rotatable bonds is 9. The van der Waals surface area contributed by atoms with E-state index in [1.54, 1.807) is 0 Å². The lowest BCUT2D eigenvalue weighted by atomic mass is 10.0. The number of hydrogen-bond donors (Lipinski definition) is 2. The lowest BCUT2D eigenvalue weighted by molar-refractivity contribution is 0.0227. The molecule has 1 saturated heterocycles. The first-order chi connectivity index (χ1) is 15.1. The molecular weight excluding hydrogens is 392 g/mol. The number of hydrogen-bond acceptors (Lipinski definition) is 7. The number of β-amino-alcohol motifs (C(OH)–C–C–N with tert-alkyl or cyclic N) is 1. The zero-order valence-corrected chi connectivity index (χ0v) is 18.6. The molecule has 7 nitrogen and oxygen atoms in total. The molecule has 0 bridgehead atoms. The van der Waals surface area contributed by atoms with Crippen LogP contribution in [0.25, 0.3) is 11.3 Å². The zero-order valence-electron chi connectivity index (χ0n) is 18.6. The fourth-order valence-corrected chi connectivity index (χ4v) is 3.80. The van der Waals surface area contributed by atoms with Crippen LogP contribution in [0.5, 0.6) is 5.75 Å². The molecule has 31 heavy (non-hydrogen) atoms. The summed E-state index contributed by atoms with van der Waals surface area (Å²) in [6.07, 6.45) is 2.19. The molecule has 2 heterocycles. The van der Waals surface area contributed by atoms with Gasteiger partial charge in [0.2, 0.25) is 0 Å². The van der Waals surface area contributed by atoms with Crippen LogP contribution in [0.15, 0.2) is 24.3 Å². The normalized spacial score (nSPS) is 16.5. The third kappa shape index (κ3) is 6.41. The monoisotopic (exact) mass is 424 g/mol. The minimum Gasteiger partial charge on any atom is -0.467 e. The first kappa shape index (κ1) is 23.0. The van der Waals surface area contributed by atoms with Crippen molar-refractivity contribution in [1.82, 2.24) is 15.1 Å². The van der Waals surface area contributed by atoms with Crippen LogP contribution >= 0.6 is 0 Å². The van der Waals surface area contributed by atoms with Gasteiger partial charge in [-0.05, 0) is 70.0 Å². The lowest BCUT2D eigenvalue weighted by Gasteiger charge is -2.32. The molecule has 0 radical (unpaired) electrons. The van der Waals surface area contributed by atoms with Crippen LogP contribution in [0.4, 0.5) is 5.82 Å². The van der Waals surface area contributed by atoms with Gasteiger partial charge >= 0.3 is 0 Å². The van der Waals surface area contributed by atoms with Gasteiger partial charge in [0.25, 0.3) is 0 Å². The van der Waals surface area contributed by atoms with Crippen LogP contribution in [0.1, 0.15) is 37.8 Å². The molecule has 7 heteroatoms. The van der Waals surface area contributed by atoms with Gasteiger partial charge in [-0.2, -0.15) is 0 Å². The van der Waals surface area contributed by atoms with Crippen molar-refractivity contribution in [2.75, 3.05) is 45.0 Å². The minimum absolute atomic E-state index is 0.171. The van der Waals surface area contributed by atoms with Crippen molar-refractivity contribution >= 4 is 5.82 Å². The Labute approximate surface area is 184 Å². The van der Waals surface area contributed by atoms with E-state index in [-0.39, 0.29) is 13.4 Å². The van der Waals surface area contributed by atoms with E-state index in [1.807, 2.05) is 45.0 Å². The molecule has 1 fully saturated rings. The number of aliphatic hydroxyl groups excluding tert-OH is 1. The molecule has 2 aromatic rings. The van der Waals surface area contributed by atoms with E-state index in [0.717, 1.165) is 54.1 Å². The number of anilines is 1. The van der Waals surface area contributed by atoms with E-state index in [4.69, 9.17) is 9.47 Å². The Balaban J connectivity index is 1.79. The number of piperidine rings is 1. The maximum absolute atomic E-state index is 9.20. The molecule has 1 atom stereocenters. The zero-order chi connectivity index (χ0) is 22.1. The summed E-state index contributed by atoms with van der Waals surface area (Å²) < 4.78 is 11.2. The van der Waals surface area contributed by atoms with E-state index in [1.165, 1.54) is 0 Å². The molecule has 0 amide bonds. The number of likely N-dealkylation sites (tertiary alicyclic amines) is 1. The Hall–Kier alpha value is -2.66. The molecule has 3 rings (SSSR count). The van der Waals surface area contributed by atoms with Crippen molar-refractivity contribution in [2.45, 2.75) is 39.7 Å². The van der Waals surface area contributed by atoms with Crippen molar-refractivity contribution in [3.05, 3.63) is 35.4 Å². The SMILES string of the molecule is CC#Cc1ccc(-c2nnc(N[C@@H]3CCCN(CCO)C3)cc2C)c(OCOCC)c1. The summed E-state index contributed by atoms with van der Waals surface area (Å²) in [5.74, 6) is 7.42. The first-order valence-electron chi connectivity index (χ1n) is 10.9. The van der Waals surface area contributed by atoms with Crippen LogP contribution < -0.4 is 10.1 Å². The van der Waals surface area contributed by atoms with E-state index >= 15 is 0 Å². The highest BCUT2D eigenvalue weighted by atomic mass is 16.7. The number of aliphatic hydroxyl groups is 1. The van der Waals surface area contributed by atoms with Crippen molar-refractivity contribution in [1.29, 1.82) is 0 Å². The van der Waals surface area contributed by atoms with Crippen molar-refractivity contribution in [3.8, 4) is 28.8 Å². The largest absolute Gasteiger partial charge is 0.467 e. The van der Waals surface area contributed by atoms with Gasteiger partial charge in [-0.25, -0.2) is 0 Å². The Morgan fingerprint density at radius 1 is 1.29 bits per heavy atom. The fourth-order valence-electron chi connectivity index (χ4n) is 3.80. The highest BCUT2D eigenvalue weighted by Crippen LogP contribution is 2.32. The standard InChI is InChI=1S/C24H32N4O3/c1-4-7-19-9-10-21(22(15-19)31-17-30-5-2)24-18(3)14-23(26-27-24)25-20-8-6-11-28(16-20)12-13-29/h9-10,14-15,20,29H,5-6,8,11-13,16-17H2,1-3H3,(H,25,26)/t20-/m1/s1.